The van der Waals surface area contributed by atoms with Crippen LogP contribution in [0.5, 0.6) is 0 Å². The Morgan fingerprint density at radius 2 is 2.35 bits per heavy atom. The molecule has 17 heavy (non-hydrogen) atoms. The summed E-state index contributed by atoms with van der Waals surface area (Å²) < 4.78 is 0.654. The maximum absolute atomic E-state index is 12.3. The third kappa shape index (κ3) is 2.84. The molecule has 1 fully saturated rings. The Hall–Kier alpha value is -0.940. The molecule has 1 unspecified atom stereocenters. The number of amides is 1. The molecule has 0 spiro atoms. The van der Waals surface area contributed by atoms with Crippen molar-refractivity contribution in [2.24, 2.45) is 0 Å². The van der Waals surface area contributed by atoms with E-state index in [2.05, 4.69) is 20.9 Å². The van der Waals surface area contributed by atoms with Gasteiger partial charge in [-0.2, -0.15) is 0 Å². The molecule has 1 atom stereocenters. The second kappa shape index (κ2) is 5.60. The summed E-state index contributed by atoms with van der Waals surface area (Å²) in [5.41, 5.74) is 0.430. The highest BCUT2D eigenvalue weighted by molar-refractivity contribution is 9.10. The van der Waals surface area contributed by atoms with E-state index in [4.69, 9.17) is 0 Å². The average molecular weight is 299 g/mol. The Morgan fingerprint density at radius 3 is 3.06 bits per heavy atom. The maximum Gasteiger partial charge on any atom is 0.272 e. The molecule has 1 aromatic rings. The van der Waals surface area contributed by atoms with Gasteiger partial charge in [0.1, 0.15) is 10.3 Å². The monoisotopic (exact) mass is 298 g/mol. The van der Waals surface area contributed by atoms with Crippen molar-refractivity contribution < 1.29 is 9.90 Å². The molecule has 2 heterocycles. The molecule has 0 saturated carbocycles. The van der Waals surface area contributed by atoms with Gasteiger partial charge >= 0.3 is 0 Å². The predicted octanol–water partition coefficient (Wildman–Crippen LogP) is 1.83. The van der Waals surface area contributed by atoms with Crippen LogP contribution in [-0.2, 0) is 0 Å². The van der Waals surface area contributed by atoms with E-state index in [1.165, 1.54) is 0 Å². The van der Waals surface area contributed by atoms with E-state index in [1.54, 1.807) is 23.1 Å². The van der Waals surface area contributed by atoms with Crippen LogP contribution in [0, 0.1) is 0 Å². The molecule has 0 bridgehead atoms. The zero-order valence-corrected chi connectivity index (χ0v) is 11.1. The van der Waals surface area contributed by atoms with E-state index in [0.29, 0.717) is 16.8 Å². The Labute approximate surface area is 109 Å². The fourth-order valence-electron chi connectivity index (χ4n) is 2.13. The molecule has 1 aromatic heterocycles. The molecular weight excluding hydrogens is 284 g/mol. The molecule has 1 aliphatic heterocycles. The van der Waals surface area contributed by atoms with E-state index in [9.17, 15) is 9.90 Å². The van der Waals surface area contributed by atoms with Crippen LogP contribution in [-0.4, -0.2) is 40.1 Å². The minimum Gasteiger partial charge on any atom is -0.394 e. The van der Waals surface area contributed by atoms with Crippen LogP contribution in [0.3, 0.4) is 0 Å². The van der Waals surface area contributed by atoms with Gasteiger partial charge in [-0.3, -0.25) is 4.79 Å². The summed E-state index contributed by atoms with van der Waals surface area (Å²) >= 11 is 3.26. The molecule has 4 nitrogen and oxygen atoms in total. The van der Waals surface area contributed by atoms with E-state index in [-0.39, 0.29) is 18.6 Å². The van der Waals surface area contributed by atoms with E-state index < -0.39 is 0 Å². The molecule has 0 radical (unpaired) electrons. The smallest absolute Gasteiger partial charge is 0.272 e. The molecule has 5 heteroatoms. The highest BCUT2D eigenvalue weighted by Crippen LogP contribution is 2.19. The van der Waals surface area contributed by atoms with Crippen LogP contribution in [0.4, 0.5) is 0 Å². The Bertz CT molecular complexity index is 411. The van der Waals surface area contributed by atoms with Crippen LogP contribution >= 0.6 is 15.9 Å². The van der Waals surface area contributed by atoms with Crippen LogP contribution in [0.15, 0.2) is 22.8 Å². The topological polar surface area (TPSA) is 53.4 Å². The van der Waals surface area contributed by atoms with Crippen LogP contribution in [0.1, 0.15) is 29.8 Å². The lowest BCUT2D eigenvalue weighted by Crippen LogP contribution is -2.45. The SMILES string of the molecule is O=C(c1cccc(Br)n1)N1CCCCC1CO. The number of hydrogen-bond acceptors (Lipinski definition) is 3. The van der Waals surface area contributed by atoms with Crippen molar-refractivity contribution in [2.45, 2.75) is 25.3 Å². The second-order valence-electron chi connectivity index (χ2n) is 4.18. The summed E-state index contributed by atoms with van der Waals surface area (Å²) in [6.07, 6.45) is 2.94. The summed E-state index contributed by atoms with van der Waals surface area (Å²) in [7, 11) is 0. The zero-order chi connectivity index (χ0) is 12.3. The third-order valence-electron chi connectivity index (χ3n) is 3.03. The number of carbonyl (C=O) groups excluding carboxylic acids is 1. The van der Waals surface area contributed by atoms with E-state index in [0.717, 1.165) is 19.3 Å². The molecule has 1 amide bonds. The quantitative estimate of drug-likeness (QED) is 0.848. The largest absolute Gasteiger partial charge is 0.394 e. The molecule has 0 aliphatic carbocycles. The molecule has 92 valence electrons. The van der Waals surface area contributed by atoms with Crippen molar-refractivity contribution in [1.29, 1.82) is 0 Å². The normalized spacial score (nSPS) is 20.4. The van der Waals surface area contributed by atoms with Gasteiger partial charge in [-0.15, -0.1) is 0 Å². The summed E-state index contributed by atoms with van der Waals surface area (Å²) in [5, 5.41) is 9.29. The minimum atomic E-state index is -0.0925. The summed E-state index contributed by atoms with van der Waals surface area (Å²) in [5.74, 6) is -0.0925. The van der Waals surface area contributed by atoms with Crippen LogP contribution < -0.4 is 0 Å². The lowest BCUT2D eigenvalue weighted by atomic mass is 10.0. The van der Waals surface area contributed by atoms with Gasteiger partial charge in [0.15, 0.2) is 0 Å². The van der Waals surface area contributed by atoms with Gasteiger partial charge in [-0.1, -0.05) is 6.07 Å². The van der Waals surface area contributed by atoms with Crippen molar-refractivity contribution in [2.75, 3.05) is 13.2 Å². The first-order valence-electron chi connectivity index (χ1n) is 5.77. The van der Waals surface area contributed by atoms with Crippen LogP contribution in [0.2, 0.25) is 0 Å². The van der Waals surface area contributed by atoms with Crippen molar-refractivity contribution in [3.8, 4) is 0 Å². The predicted molar refractivity (Wildman–Crippen MR) is 67.7 cm³/mol. The molecule has 1 N–H and O–H groups in total. The highest BCUT2D eigenvalue weighted by Gasteiger charge is 2.27. The van der Waals surface area contributed by atoms with Gasteiger partial charge in [0.05, 0.1) is 12.6 Å². The van der Waals surface area contributed by atoms with E-state index in [1.807, 2.05) is 0 Å². The number of aliphatic hydroxyl groups is 1. The Balaban J connectivity index is 2.18. The highest BCUT2D eigenvalue weighted by atomic mass is 79.9. The van der Waals surface area contributed by atoms with Crippen molar-refractivity contribution in [3.63, 3.8) is 0 Å². The molecule has 0 aromatic carbocycles. The Morgan fingerprint density at radius 1 is 1.53 bits per heavy atom. The van der Waals surface area contributed by atoms with Gasteiger partial charge in [0.25, 0.3) is 5.91 Å². The van der Waals surface area contributed by atoms with Crippen LogP contribution in [0.25, 0.3) is 0 Å². The van der Waals surface area contributed by atoms with Crippen molar-refractivity contribution in [3.05, 3.63) is 28.5 Å². The number of carbonyl (C=O) groups is 1. The summed E-state index contributed by atoms with van der Waals surface area (Å²) in [4.78, 5) is 18.1. The minimum absolute atomic E-state index is 0.0275. The van der Waals surface area contributed by atoms with Gasteiger partial charge in [-0.25, -0.2) is 4.98 Å². The van der Waals surface area contributed by atoms with Gasteiger partial charge in [0, 0.05) is 6.54 Å². The molecule has 1 aliphatic rings. The van der Waals surface area contributed by atoms with Gasteiger partial charge < -0.3 is 10.0 Å². The molecule has 2 rings (SSSR count). The standard InChI is InChI=1S/C12H15BrN2O2/c13-11-6-3-5-10(14-11)12(17)15-7-2-1-4-9(15)8-16/h3,5-6,9,16H,1-2,4,7-8H2. The number of aliphatic hydroxyl groups excluding tert-OH is 1. The fraction of sp³-hybridized carbons (Fsp3) is 0.500. The van der Waals surface area contributed by atoms with Crippen molar-refractivity contribution in [1.82, 2.24) is 9.88 Å². The number of nitrogens with zero attached hydrogens (tertiary/aromatic N) is 2. The number of pyridine rings is 1. The maximum atomic E-state index is 12.3. The number of aromatic nitrogens is 1. The Kier molecular flexibility index (Phi) is 4.12. The number of halogens is 1. The number of likely N-dealkylation sites (tertiary alicyclic amines) is 1. The third-order valence-corrected chi connectivity index (χ3v) is 3.47. The summed E-state index contributed by atoms with van der Waals surface area (Å²) in [6, 6.07) is 5.23. The first kappa shape index (κ1) is 12.5. The van der Waals surface area contributed by atoms with Gasteiger partial charge in [-0.05, 0) is 47.3 Å². The number of hydrogen-bond donors (Lipinski definition) is 1. The molecular formula is C12H15BrN2O2. The zero-order valence-electron chi connectivity index (χ0n) is 9.47. The molecule has 1 saturated heterocycles. The summed E-state index contributed by atoms with van der Waals surface area (Å²) in [6.45, 7) is 0.734. The van der Waals surface area contributed by atoms with Gasteiger partial charge in [0.2, 0.25) is 0 Å². The number of rotatable bonds is 2. The number of piperidine rings is 1. The van der Waals surface area contributed by atoms with E-state index >= 15 is 0 Å². The van der Waals surface area contributed by atoms with Crippen molar-refractivity contribution >= 4 is 21.8 Å². The second-order valence-corrected chi connectivity index (χ2v) is 4.99. The average Bonchev–Trinajstić information content (AvgIpc) is 2.38. The first-order valence-corrected chi connectivity index (χ1v) is 6.56. The fourth-order valence-corrected chi connectivity index (χ4v) is 2.48. The lowest BCUT2D eigenvalue weighted by Gasteiger charge is -2.34. The first-order chi connectivity index (χ1) is 8.22. The lowest BCUT2D eigenvalue weighted by molar-refractivity contribution is 0.0497.